The largest absolute Gasteiger partial charge is 0.468 e. The molecule has 10 heteroatoms. The van der Waals surface area contributed by atoms with Gasteiger partial charge in [-0.1, -0.05) is 66.7 Å². The molecule has 1 fully saturated rings. The van der Waals surface area contributed by atoms with E-state index in [-0.39, 0.29) is 26.2 Å². The van der Waals surface area contributed by atoms with Crippen molar-refractivity contribution >= 4 is 23.9 Å². The second-order valence-corrected chi connectivity index (χ2v) is 9.40. The molecule has 0 radical (unpaired) electrons. The number of nitrogens with zero attached hydrogens (tertiary/aromatic N) is 2. The van der Waals surface area contributed by atoms with E-state index in [1.54, 1.807) is 19.9 Å². The van der Waals surface area contributed by atoms with E-state index in [9.17, 15) is 19.2 Å². The number of carbonyl (C=O) groups excluding carboxylic acids is 4. The highest BCUT2D eigenvalue weighted by Gasteiger charge is 2.55. The van der Waals surface area contributed by atoms with Gasteiger partial charge in [0.25, 0.3) is 0 Å². The predicted molar refractivity (Wildman–Crippen MR) is 150 cm³/mol. The molecule has 41 heavy (non-hydrogen) atoms. The van der Waals surface area contributed by atoms with E-state index in [2.05, 4.69) is 6.58 Å². The van der Waals surface area contributed by atoms with E-state index in [1.165, 1.54) is 14.2 Å². The standard InChI is InChI=1S/C31H38N2O8/c1-6-23(19-24(29(35)40-7-2)30(36)41-8-3)33-27(31(37)39-5)26(21-15-11-9-12-16-21)32(20-25(34)38-4)28(33)22-17-13-10-14-18-22/h6,9-18,23-24,26-28H,1,7-8,19-20H2,2-5H3. The third kappa shape index (κ3) is 7.20. The molecule has 1 aliphatic rings. The summed E-state index contributed by atoms with van der Waals surface area (Å²) in [6, 6.07) is 16.3. The molecule has 1 heterocycles. The Balaban J connectivity index is 2.24. The number of benzene rings is 2. The van der Waals surface area contributed by atoms with Gasteiger partial charge in [-0.15, -0.1) is 6.58 Å². The van der Waals surface area contributed by atoms with Crippen LogP contribution in [0.2, 0.25) is 0 Å². The predicted octanol–water partition coefficient (Wildman–Crippen LogP) is 3.45. The first-order chi connectivity index (χ1) is 19.8. The minimum atomic E-state index is -1.27. The second-order valence-electron chi connectivity index (χ2n) is 9.40. The van der Waals surface area contributed by atoms with Gasteiger partial charge in [0.2, 0.25) is 0 Å². The summed E-state index contributed by atoms with van der Waals surface area (Å²) in [6.45, 7) is 7.33. The van der Waals surface area contributed by atoms with Gasteiger partial charge >= 0.3 is 23.9 Å². The zero-order valence-corrected chi connectivity index (χ0v) is 23.9. The van der Waals surface area contributed by atoms with Crippen LogP contribution in [0.25, 0.3) is 0 Å². The molecule has 0 aliphatic carbocycles. The van der Waals surface area contributed by atoms with Crippen molar-refractivity contribution in [3.63, 3.8) is 0 Å². The zero-order valence-electron chi connectivity index (χ0n) is 23.9. The minimum absolute atomic E-state index is 0.0778. The molecule has 4 atom stereocenters. The Morgan fingerprint density at radius 1 is 0.854 bits per heavy atom. The molecule has 0 aromatic heterocycles. The Kier molecular flexibility index (Phi) is 11.6. The van der Waals surface area contributed by atoms with Crippen LogP contribution in [0.15, 0.2) is 73.3 Å². The molecule has 0 N–H and O–H groups in total. The highest BCUT2D eigenvalue weighted by molar-refractivity contribution is 5.95. The van der Waals surface area contributed by atoms with Crippen molar-refractivity contribution in [2.75, 3.05) is 34.0 Å². The molecule has 1 saturated heterocycles. The van der Waals surface area contributed by atoms with Gasteiger partial charge in [0.05, 0.1) is 46.2 Å². The number of carbonyl (C=O) groups is 4. The van der Waals surface area contributed by atoms with Gasteiger partial charge in [-0.2, -0.15) is 0 Å². The maximum absolute atomic E-state index is 13.6. The average Bonchev–Trinajstić information content (AvgIpc) is 3.32. The number of esters is 4. The Morgan fingerprint density at radius 3 is 1.85 bits per heavy atom. The van der Waals surface area contributed by atoms with Crippen LogP contribution in [0.4, 0.5) is 0 Å². The third-order valence-electron chi connectivity index (χ3n) is 7.07. The molecule has 0 amide bonds. The summed E-state index contributed by atoms with van der Waals surface area (Å²) in [5, 5.41) is 0. The molecular formula is C31H38N2O8. The van der Waals surface area contributed by atoms with Crippen molar-refractivity contribution in [2.45, 2.75) is 44.6 Å². The Hall–Kier alpha value is -4.02. The van der Waals surface area contributed by atoms with Crippen molar-refractivity contribution in [3.05, 3.63) is 84.4 Å². The maximum atomic E-state index is 13.6. The SMILES string of the molecule is C=CC(CC(C(=O)OCC)C(=O)OCC)N1C(C(=O)OC)C(c2ccccc2)N(CC(=O)OC)C1c1ccccc1. The number of hydrogen-bond donors (Lipinski definition) is 0. The molecule has 4 unspecified atom stereocenters. The van der Waals surface area contributed by atoms with Crippen molar-refractivity contribution in [1.82, 2.24) is 9.80 Å². The van der Waals surface area contributed by atoms with E-state index >= 15 is 0 Å². The molecule has 0 saturated carbocycles. The lowest BCUT2D eigenvalue weighted by atomic mass is 9.94. The fourth-order valence-electron chi connectivity index (χ4n) is 5.35. The van der Waals surface area contributed by atoms with Crippen molar-refractivity contribution in [2.24, 2.45) is 5.92 Å². The summed E-state index contributed by atoms with van der Waals surface area (Å²) in [5.74, 6) is -3.77. The van der Waals surface area contributed by atoms with Crippen molar-refractivity contribution in [1.29, 1.82) is 0 Å². The van der Waals surface area contributed by atoms with Crippen LogP contribution in [0, 0.1) is 5.92 Å². The molecule has 0 spiro atoms. The van der Waals surface area contributed by atoms with Gasteiger partial charge in [-0.05, 0) is 31.4 Å². The van der Waals surface area contributed by atoms with Gasteiger partial charge in [-0.3, -0.25) is 29.0 Å². The van der Waals surface area contributed by atoms with Gasteiger partial charge < -0.3 is 18.9 Å². The zero-order chi connectivity index (χ0) is 29.9. The highest BCUT2D eigenvalue weighted by atomic mass is 16.6. The van der Waals surface area contributed by atoms with Crippen LogP contribution < -0.4 is 0 Å². The average molecular weight is 567 g/mol. The normalized spacial score (nSPS) is 19.8. The van der Waals surface area contributed by atoms with Crippen LogP contribution in [-0.2, 0) is 38.1 Å². The summed E-state index contributed by atoms with van der Waals surface area (Å²) in [6.07, 6.45) is 0.838. The molecule has 2 aromatic carbocycles. The van der Waals surface area contributed by atoms with Gasteiger partial charge in [0, 0.05) is 6.04 Å². The molecule has 1 aliphatic heterocycles. The summed E-state index contributed by atoms with van der Waals surface area (Å²) in [5.41, 5.74) is 1.55. The number of hydrogen-bond acceptors (Lipinski definition) is 10. The lowest BCUT2D eigenvalue weighted by Crippen LogP contribution is -2.48. The fraction of sp³-hybridized carbons (Fsp3) is 0.419. The van der Waals surface area contributed by atoms with E-state index < -0.39 is 54.1 Å². The molecular weight excluding hydrogens is 528 g/mol. The third-order valence-corrected chi connectivity index (χ3v) is 7.07. The number of methoxy groups -OCH3 is 2. The summed E-state index contributed by atoms with van der Waals surface area (Å²) in [7, 11) is 2.60. The topological polar surface area (TPSA) is 112 Å². The van der Waals surface area contributed by atoms with Gasteiger partial charge in [0.1, 0.15) is 6.04 Å². The van der Waals surface area contributed by atoms with E-state index in [0.717, 1.165) is 11.1 Å². The van der Waals surface area contributed by atoms with Gasteiger partial charge in [-0.25, -0.2) is 0 Å². The monoisotopic (exact) mass is 566 g/mol. The number of rotatable bonds is 13. The lowest BCUT2D eigenvalue weighted by molar-refractivity contribution is -0.162. The first-order valence-electron chi connectivity index (χ1n) is 13.6. The van der Waals surface area contributed by atoms with E-state index in [0.29, 0.717) is 0 Å². The Morgan fingerprint density at radius 2 is 1.39 bits per heavy atom. The summed E-state index contributed by atoms with van der Waals surface area (Å²) < 4.78 is 20.8. The van der Waals surface area contributed by atoms with E-state index in [1.807, 2.05) is 70.5 Å². The molecule has 10 nitrogen and oxygen atoms in total. The Labute approximate surface area is 240 Å². The van der Waals surface area contributed by atoms with Crippen LogP contribution in [0.5, 0.6) is 0 Å². The first kappa shape index (κ1) is 31.5. The summed E-state index contributed by atoms with van der Waals surface area (Å²) in [4.78, 5) is 56.0. The van der Waals surface area contributed by atoms with Crippen molar-refractivity contribution in [3.8, 4) is 0 Å². The lowest BCUT2D eigenvalue weighted by Gasteiger charge is -2.37. The molecule has 2 aromatic rings. The molecule has 220 valence electrons. The van der Waals surface area contributed by atoms with Crippen LogP contribution in [0.1, 0.15) is 43.6 Å². The van der Waals surface area contributed by atoms with E-state index in [4.69, 9.17) is 18.9 Å². The van der Waals surface area contributed by atoms with Crippen LogP contribution in [-0.4, -0.2) is 79.7 Å². The first-order valence-corrected chi connectivity index (χ1v) is 13.6. The fourth-order valence-corrected chi connectivity index (χ4v) is 5.35. The number of ether oxygens (including phenoxy) is 4. The summed E-state index contributed by atoms with van der Waals surface area (Å²) >= 11 is 0. The molecule has 0 bridgehead atoms. The quantitative estimate of drug-likeness (QED) is 0.155. The smallest absolute Gasteiger partial charge is 0.325 e. The van der Waals surface area contributed by atoms with Crippen LogP contribution in [0.3, 0.4) is 0 Å². The second kappa shape index (κ2) is 15.1. The van der Waals surface area contributed by atoms with Gasteiger partial charge in [0.15, 0.2) is 5.92 Å². The minimum Gasteiger partial charge on any atom is -0.468 e. The molecule has 3 rings (SSSR count). The highest BCUT2D eigenvalue weighted by Crippen LogP contribution is 2.47. The van der Waals surface area contributed by atoms with Crippen molar-refractivity contribution < 1.29 is 38.1 Å². The Bertz CT molecular complexity index is 1170. The maximum Gasteiger partial charge on any atom is 0.325 e. The van der Waals surface area contributed by atoms with Crippen LogP contribution >= 0.6 is 0 Å².